The zero-order chi connectivity index (χ0) is 16.7. The lowest BCUT2D eigenvalue weighted by Gasteiger charge is -2.38. The molecule has 1 aliphatic heterocycles. The van der Waals surface area contributed by atoms with E-state index in [1.165, 1.54) is 12.8 Å². The summed E-state index contributed by atoms with van der Waals surface area (Å²) in [5.41, 5.74) is 1.14. The highest BCUT2D eigenvalue weighted by Crippen LogP contribution is 2.31. The van der Waals surface area contributed by atoms with Gasteiger partial charge in [0.1, 0.15) is 0 Å². The molecule has 0 amide bonds. The van der Waals surface area contributed by atoms with Crippen LogP contribution in [0.2, 0.25) is 0 Å². The van der Waals surface area contributed by atoms with E-state index >= 15 is 0 Å². The molecule has 2 rings (SSSR count). The summed E-state index contributed by atoms with van der Waals surface area (Å²) in [5, 5.41) is 19.7. The first-order chi connectivity index (χ1) is 11.1. The number of ether oxygens (including phenoxy) is 2. The molecule has 4 heteroatoms. The normalized spacial score (nSPS) is 21.7. The maximum atomic E-state index is 10.1. The van der Waals surface area contributed by atoms with Crippen molar-refractivity contribution in [2.75, 3.05) is 13.7 Å². The number of rotatable bonds is 10. The zero-order valence-electron chi connectivity index (χ0n) is 14.3. The number of unbranched alkanes of at least 4 members (excludes halogenated alkanes) is 2. The molecule has 1 saturated heterocycles. The fourth-order valence-corrected chi connectivity index (χ4v) is 3.19. The van der Waals surface area contributed by atoms with Crippen molar-refractivity contribution in [1.82, 2.24) is 0 Å². The first-order valence-corrected chi connectivity index (χ1v) is 8.79. The number of aromatic hydroxyl groups is 1. The second kappa shape index (κ2) is 9.14. The number of phenols is 1. The highest BCUT2D eigenvalue weighted by molar-refractivity contribution is 5.41. The van der Waals surface area contributed by atoms with Crippen LogP contribution in [-0.4, -0.2) is 36.1 Å². The molecule has 0 bridgehead atoms. The fraction of sp³-hybridized carbons (Fsp3) is 0.684. The molecule has 23 heavy (non-hydrogen) atoms. The Hall–Kier alpha value is -1.26. The van der Waals surface area contributed by atoms with E-state index in [1.54, 1.807) is 13.2 Å². The molecule has 2 N–H and O–H groups in total. The zero-order valence-corrected chi connectivity index (χ0v) is 14.3. The number of methoxy groups -OCH3 is 1. The fourth-order valence-electron chi connectivity index (χ4n) is 3.19. The third-order valence-corrected chi connectivity index (χ3v) is 4.73. The van der Waals surface area contributed by atoms with Crippen molar-refractivity contribution < 1.29 is 19.7 Å². The molecule has 1 aromatic carbocycles. The van der Waals surface area contributed by atoms with E-state index in [-0.39, 0.29) is 18.0 Å². The molecule has 3 atom stereocenters. The van der Waals surface area contributed by atoms with Crippen LogP contribution >= 0.6 is 0 Å². The maximum absolute atomic E-state index is 10.1. The van der Waals surface area contributed by atoms with Crippen LogP contribution in [0.25, 0.3) is 0 Å². The van der Waals surface area contributed by atoms with E-state index in [0.29, 0.717) is 11.7 Å². The summed E-state index contributed by atoms with van der Waals surface area (Å²) in [6.45, 7) is 2.95. The molecule has 0 saturated carbocycles. The smallest absolute Gasteiger partial charge is 0.160 e. The lowest BCUT2D eigenvalue weighted by molar-refractivity contribution is -0.131. The topological polar surface area (TPSA) is 58.9 Å². The third-order valence-electron chi connectivity index (χ3n) is 4.73. The standard InChI is InChI=1S/C19H30O4/c1-3-4-5-6-16(20)12-15-13-23-18(15)10-8-14-7-9-17(21)19(11-14)22-2/h7,9,11,15-16,18,20-21H,3-6,8,10,12-13H2,1-2H3/t15?,16-,18?/m0/s1. The molecule has 1 fully saturated rings. The lowest BCUT2D eigenvalue weighted by atomic mass is 9.87. The molecule has 130 valence electrons. The van der Waals surface area contributed by atoms with Gasteiger partial charge >= 0.3 is 0 Å². The molecule has 1 heterocycles. The SMILES string of the molecule is CCCCC[C@H](O)CC1COC1CCc1ccc(O)c(OC)c1. The number of aryl methyl sites for hydroxylation is 1. The van der Waals surface area contributed by atoms with E-state index < -0.39 is 0 Å². The van der Waals surface area contributed by atoms with Crippen LogP contribution in [0.4, 0.5) is 0 Å². The van der Waals surface area contributed by atoms with Crippen molar-refractivity contribution >= 4 is 0 Å². The predicted molar refractivity (Wildman–Crippen MR) is 91.0 cm³/mol. The molecule has 0 aliphatic carbocycles. The summed E-state index contributed by atoms with van der Waals surface area (Å²) in [5.74, 6) is 1.16. The molecule has 0 radical (unpaired) electrons. The third kappa shape index (κ3) is 5.40. The van der Waals surface area contributed by atoms with Crippen molar-refractivity contribution in [3.8, 4) is 11.5 Å². The largest absolute Gasteiger partial charge is 0.504 e. The second-order valence-electron chi connectivity index (χ2n) is 6.56. The van der Waals surface area contributed by atoms with Crippen LogP contribution in [0.5, 0.6) is 11.5 Å². The van der Waals surface area contributed by atoms with Crippen molar-refractivity contribution in [3.05, 3.63) is 23.8 Å². The maximum Gasteiger partial charge on any atom is 0.160 e. The van der Waals surface area contributed by atoms with E-state index in [1.807, 2.05) is 12.1 Å². The Morgan fingerprint density at radius 1 is 1.35 bits per heavy atom. The second-order valence-corrected chi connectivity index (χ2v) is 6.56. The van der Waals surface area contributed by atoms with Gasteiger partial charge in [0.2, 0.25) is 0 Å². The van der Waals surface area contributed by atoms with Crippen LogP contribution in [0, 0.1) is 5.92 Å². The molecular weight excluding hydrogens is 292 g/mol. The van der Waals surface area contributed by atoms with Crippen molar-refractivity contribution in [2.45, 2.75) is 64.1 Å². The summed E-state index contributed by atoms with van der Waals surface area (Å²) in [7, 11) is 1.56. The van der Waals surface area contributed by atoms with Gasteiger partial charge in [0.05, 0.1) is 25.9 Å². The van der Waals surface area contributed by atoms with Gasteiger partial charge in [-0.05, 0) is 43.4 Å². The summed E-state index contributed by atoms with van der Waals surface area (Å²) in [6, 6.07) is 5.47. The average Bonchev–Trinajstić information content (AvgIpc) is 2.53. The molecule has 0 spiro atoms. The van der Waals surface area contributed by atoms with Crippen molar-refractivity contribution in [3.63, 3.8) is 0 Å². The number of hydrogen-bond donors (Lipinski definition) is 2. The Bertz CT molecular complexity index is 474. The minimum Gasteiger partial charge on any atom is -0.504 e. The van der Waals surface area contributed by atoms with Gasteiger partial charge in [0.25, 0.3) is 0 Å². The van der Waals surface area contributed by atoms with Gasteiger partial charge in [0, 0.05) is 5.92 Å². The number of benzene rings is 1. The Labute approximate surface area is 139 Å². The first-order valence-electron chi connectivity index (χ1n) is 8.79. The molecule has 2 unspecified atom stereocenters. The average molecular weight is 322 g/mol. The highest BCUT2D eigenvalue weighted by atomic mass is 16.5. The minimum atomic E-state index is -0.188. The van der Waals surface area contributed by atoms with Crippen LogP contribution in [0.3, 0.4) is 0 Å². The van der Waals surface area contributed by atoms with Crippen molar-refractivity contribution in [1.29, 1.82) is 0 Å². The van der Waals surface area contributed by atoms with Crippen LogP contribution in [0.15, 0.2) is 18.2 Å². The van der Waals surface area contributed by atoms with Gasteiger partial charge in [-0.3, -0.25) is 0 Å². The van der Waals surface area contributed by atoms with Gasteiger partial charge in [-0.2, -0.15) is 0 Å². The Kier molecular flexibility index (Phi) is 7.18. The Morgan fingerprint density at radius 3 is 2.83 bits per heavy atom. The number of hydrogen-bond acceptors (Lipinski definition) is 4. The number of phenolic OH excluding ortho intramolecular Hbond substituents is 1. The Morgan fingerprint density at radius 2 is 2.17 bits per heavy atom. The Balaban J connectivity index is 1.73. The van der Waals surface area contributed by atoms with Gasteiger partial charge < -0.3 is 19.7 Å². The van der Waals surface area contributed by atoms with E-state index in [9.17, 15) is 10.2 Å². The van der Waals surface area contributed by atoms with E-state index in [4.69, 9.17) is 9.47 Å². The number of aliphatic hydroxyl groups excluding tert-OH is 1. The van der Waals surface area contributed by atoms with E-state index in [2.05, 4.69) is 6.92 Å². The molecule has 1 aliphatic rings. The minimum absolute atomic E-state index is 0.171. The monoisotopic (exact) mass is 322 g/mol. The summed E-state index contributed by atoms with van der Waals surface area (Å²) >= 11 is 0. The quantitative estimate of drug-likeness (QED) is 0.645. The number of aliphatic hydroxyl groups is 1. The molecule has 1 aromatic rings. The lowest BCUT2D eigenvalue weighted by Crippen LogP contribution is -2.41. The highest BCUT2D eigenvalue weighted by Gasteiger charge is 2.33. The summed E-state index contributed by atoms with van der Waals surface area (Å²) < 4.78 is 10.8. The summed E-state index contributed by atoms with van der Waals surface area (Å²) in [6.07, 6.45) is 7.16. The van der Waals surface area contributed by atoms with Gasteiger partial charge in [-0.15, -0.1) is 0 Å². The van der Waals surface area contributed by atoms with Gasteiger partial charge in [-0.25, -0.2) is 0 Å². The molecular formula is C19H30O4. The summed E-state index contributed by atoms with van der Waals surface area (Å²) in [4.78, 5) is 0. The van der Waals surface area contributed by atoms with Gasteiger partial charge in [0.15, 0.2) is 11.5 Å². The van der Waals surface area contributed by atoms with Crippen molar-refractivity contribution in [2.24, 2.45) is 5.92 Å². The predicted octanol–water partition coefficient (Wildman–Crippen LogP) is 3.68. The van der Waals surface area contributed by atoms with Crippen LogP contribution in [-0.2, 0) is 11.2 Å². The van der Waals surface area contributed by atoms with Crippen LogP contribution in [0.1, 0.15) is 51.0 Å². The van der Waals surface area contributed by atoms with Gasteiger partial charge in [-0.1, -0.05) is 32.3 Å². The first kappa shape index (κ1) is 18.1. The van der Waals surface area contributed by atoms with E-state index in [0.717, 1.165) is 44.3 Å². The molecule has 4 nitrogen and oxygen atoms in total. The van der Waals surface area contributed by atoms with Crippen LogP contribution < -0.4 is 4.74 Å². The molecule has 0 aromatic heterocycles.